The number of nitrogens with one attached hydrogen (secondary N) is 1. The number of cyclic esters (lactones) is 1. The average molecular weight is 198 g/mol. The minimum Gasteiger partial charge on any atom is -0.437 e. The summed E-state index contributed by atoms with van der Waals surface area (Å²) in [6.07, 6.45) is -0.573. The third kappa shape index (κ3) is 1.51. The zero-order valence-corrected chi connectivity index (χ0v) is 8.22. The highest BCUT2D eigenvalue weighted by molar-refractivity contribution is 7.09. The second-order valence-electron chi connectivity index (χ2n) is 3.09. The molecule has 0 aromatic carbocycles. The first kappa shape index (κ1) is 8.50. The molecule has 5 heteroatoms. The first-order chi connectivity index (χ1) is 6.16. The Labute approximate surface area is 79.9 Å². The Kier molecular flexibility index (Phi) is 1.95. The van der Waals surface area contributed by atoms with Gasteiger partial charge in [-0.2, -0.15) is 0 Å². The topological polar surface area (TPSA) is 51.2 Å². The summed E-state index contributed by atoms with van der Waals surface area (Å²) in [5.41, 5.74) is 0.968. The Morgan fingerprint density at radius 3 is 2.92 bits per heavy atom. The van der Waals surface area contributed by atoms with Gasteiger partial charge in [0.2, 0.25) is 0 Å². The van der Waals surface area contributed by atoms with Crippen molar-refractivity contribution in [1.82, 2.24) is 10.3 Å². The molecule has 0 aliphatic carbocycles. The van der Waals surface area contributed by atoms with Gasteiger partial charge >= 0.3 is 6.09 Å². The number of hydrogen-bond donors (Lipinski definition) is 1. The molecular formula is C8H10N2O2S. The molecule has 2 rings (SSSR count). The van der Waals surface area contributed by atoms with Gasteiger partial charge in [-0.15, -0.1) is 11.3 Å². The number of carbonyl (C=O) groups is 1. The van der Waals surface area contributed by atoms with Crippen molar-refractivity contribution in [1.29, 1.82) is 0 Å². The molecule has 4 nitrogen and oxygen atoms in total. The van der Waals surface area contributed by atoms with Crippen molar-refractivity contribution < 1.29 is 9.53 Å². The van der Waals surface area contributed by atoms with Crippen LogP contribution in [0.2, 0.25) is 0 Å². The van der Waals surface area contributed by atoms with Crippen molar-refractivity contribution in [3.63, 3.8) is 0 Å². The third-order valence-electron chi connectivity index (χ3n) is 1.91. The first-order valence-electron chi connectivity index (χ1n) is 4.06. The highest BCUT2D eigenvalue weighted by atomic mass is 32.1. The minimum absolute atomic E-state index is 0.0121. The van der Waals surface area contributed by atoms with E-state index >= 15 is 0 Å². The van der Waals surface area contributed by atoms with Gasteiger partial charge in [0, 0.05) is 11.1 Å². The van der Waals surface area contributed by atoms with E-state index in [0.29, 0.717) is 0 Å². The van der Waals surface area contributed by atoms with Gasteiger partial charge in [-0.25, -0.2) is 9.78 Å². The van der Waals surface area contributed by atoms with Crippen LogP contribution in [-0.2, 0) is 4.74 Å². The lowest BCUT2D eigenvalue weighted by Gasteiger charge is -2.08. The average Bonchev–Trinajstić information content (AvgIpc) is 2.58. The van der Waals surface area contributed by atoms with Gasteiger partial charge in [0.15, 0.2) is 6.10 Å². The van der Waals surface area contributed by atoms with Crippen molar-refractivity contribution in [2.24, 2.45) is 0 Å². The number of thiazole rings is 1. The Bertz CT molecular complexity index is 337. The predicted molar refractivity (Wildman–Crippen MR) is 48.7 cm³/mol. The maximum absolute atomic E-state index is 10.9. The zero-order chi connectivity index (χ0) is 9.42. The van der Waals surface area contributed by atoms with Crippen LogP contribution in [0.5, 0.6) is 0 Å². The van der Waals surface area contributed by atoms with Crippen LogP contribution in [0.3, 0.4) is 0 Å². The molecule has 1 N–H and O–H groups in total. The molecule has 0 unspecified atom stereocenters. The minimum atomic E-state index is -0.356. The normalized spacial score (nSPS) is 27.1. The molecule has 2 atom stereocenters. The highest BCUT2D eigenvalue weighted by Gasteiger charge is 2.33. The largest absolute Gasteiger partial charge is 0.437 e. The van der Waals surface area contributed by atoms with Gasteiger partial charge in [-0.1, -0.05) is 0 Å². The monoisotopic (exact) mass is 198 g/mol. The standard InChI is InChI=1S/C8H10N2O2S/c1-4-3-13-7(9-4)6-5(2)10-8(11)12-6/h3,5-6H,1-2H3,(H,10,11)/t5-,6-/m0/s1. The molecule has 2 heterocycles. The molecule has 1 aromatic heterocycles. The van der Waals surface area contributed by atoms with Crippen LogP contribution in [-0.4, -0.2) is 17.1 Å². The zero-order valence-electron chi connectivity index (χ0n) is 7.40. The van der Waals surface area contributed by atoms with Crippen molar-refractivity contribution in [2.75, 3.05) is 0 Å². The Hall–Kier alpha value is -1.10. The molecule has 1 aliphatic rings. The van der Waals surface area contributed by atoms with E-state index in [0.717, 1.165) is 10.7 Å². The number of aromatic nitrogens is 1. The molecule has 0 bridgehead atoms. The van der Waals surface area contributed by atoms with Crippen LogP contribution in [0.1, 0.15) is 23.7 Å². The summed E-state index contributed by atoms with van der Waals surface area (Å²) in [6.45, 7) is 3.83. The Morgan fingerprint density at radius 2 is 2.46 bits per heavy atom. The number of aryl methyl sites for hydroxylation is 1. The molecule has 0 spiro atoms. The maximum Gasteiger partial charge on any atom is 0.408 e. The number of ether oxygens (including phenoxy) is 1. The molecule has 1 aromatic rings. The van der Waals surface area contributed by atoms with E-state index in [4.69, 9.17) is 4.74 Å². The third-order valence-corrected chi connectivity index (χ3v) is 2.94. The Balaban J connectivity index is 2.22. The molecule has 70 valence electrons. The summed E-state index contributed by atoms with van der Waals surface area (Å²) in [6, 6.07) is 0.0121. The van der Waals surface area contributed by atoms with Crippen molar-refractivity contribution in [3.05, 3.63) is 16.1 Å². The second kappa shape index (κ2) is 2.99. The second-order valence-corrected chi connectivity index (χ2v) is 3.98. The number of carbonyl (C=O) groups excluding carboxylic acids is 1. The summed E-state index contributed by atoms with van der Waals surface area (Å²) < 4.78 is 5.07. The van der Waals surface area contributed by atoms with Gasteiger partial charge in [-0.05, 0) is 13.8 Å². The lowest BCUT2D eigenvalue weighted by atomic mass is 10.2. The van der Waals surface area contributed by atoms with Crippen LogP contribution in [0, 0.1) is 6.92 Å². The predicted octanol–water partition coefficient (Wildman–Crippen LogP) is 1.62. The van der Waals surface area contributed by atoms with Crippen LogP contribution < -0.4 is 5.32 Å². The van der Waals surface area contributed by atoms with Gasteiger partial charge in [0.25, 0.3) is 0 Å². The Morgan fingerprint density at radius 1 is 1.69 bits per heavy atom. The summed E-state index contributed by atoms with van der Waals surface area (Å²) >= 11 is 1.52. The van der Waals surface area contributed by atoms with E-state index in [1.165, 1.54) is 11.3 Å². The van der Waals surface area contributed by atoms with Crippen LogP contribution >= 0.6 is 11.3 Å². The van der Waals surface area contributed by atoms with Crippen LogP contribution in [0.15, 0.2) is 5.38 Å². The van der Waals surface area contributed by atoms with Gasteiger partial charge in [0.05, 0.1) is 6.04 Å². The van der Waals surface area contributed by atoms with E-state index in [2.05, 4.69) is 10.3 Å². The lowest BCUT2D eigenvalue weighted by Crippen LogP contribution is -2.23. The van der Waals surface area contributed by atoms with Crippen LogP contribution in [0.25, 0.3) is 0 Å². The fourth-order valence-electron chi connectivity index (χ4n) is 1.28. The van der Waals surface area contributed by atoms with E-state index in [1.807, 2.05) is 19.2 Å². The quantitative estimate of drug-likeness (QED) is 0.746. The number of amides is 1. The van der Waals surface area contributed by atoms with E-state index in [-0.39, 0.29) is 18.2 Å². The summed E-state index contributed by atoms with van der Waals surface area (Å²) in [5, 5.41) is 5.50. The molecular weight excluding hydrogens is 188 g/mol. The fourth-order valence-corrected chi connectivity index (χ4v) is 2.21. The highest BCUT2D eigenvalue weighted by Crippen LogP contribution is 2.28. The molecule has 1 fully saturated rings. The molecule has 13 heavy (non-hydrogen) atoms. The first-order valence-corrected chi connectivity index (χ1v) is 4.94. The van der Waals surface area contributed by atoms with E-state index in [9.17, 15) is 4.79 Å². The lowest BCUT2D eigenvalue weighted by molar-refractivity contribution is 0.133. The summed E-state index contributed by atoms with van der Waals surface area (Å²) in [5.74, 6) is 0. The van der Waals surface area contributed by atoms with Gasteiger partial charge < -0.3 is 10.1 Å². The van der Waals surface area contributed by atoms with E-state index < -0.39 is 0 Å². The smallest absolute Gasteiger partial charge is 0.408 e. The van der Waals surface area contributed by atoms with Crippen molar-refractivity contribution in [3.8, 4) is 0 Å². The fraction of sp³-hybridized carbons (Fsp3) is 0.500. The maximum atomic E-state index is 10.9. The molecule has 1 amide bonds. The number of alkyl carbamates (subject to hydrolysis) is 1. The van der Waals surface area contributed by atoms with Gasteiger partial charge in [-0.3, -0.25) is 0 Å². The molecule has 0 saturated carbocycles. The van der Waals surface area contributed by atoms with Crippen molar-refractivity contribution in [2.45, 2.75) is 26.0 Å². The molecule has 1 saturated heterocycles. The summed E-state index contributed by atoms with van der Waals surface area (Å²) in [4.78, 5) is 15.2. The SMILES string of the molecule is Cc1csc([C@H]2OC(=O)N[C@H]2C)n1. The van der Waals surface area contributed by atoms with Crippen LogP contribution in [0.4, 0.5) is 4.79 Å². The van der Waals surface area contributed by atoms with Gasteiger partial charge in [0.1, 0.15) is 5.01 Å². The molecule has 1 aliphatic heterocycles. The summed E-state index contributed by atoms with van der Waals surface area (Å²) in [7, 11) is 0. The number of hydrogen-bond acceptors (Lipinski definition) is 4. The number of rotatable bonds is 1. The number of nitrogens with zero attached hydrogens (tertiary/aromatic N) is 1. The molecule has 0 radical (unpaired) electrons. The van der Waals surface area contributed by atoms with Crippen molar-refractivity contribution >= 4 is 17.4 Å². The van der Waals surface area contributed by atoms with E-state index in [1.54, 1.807) is 0 Å².